The topological polar surface area (TPSA) is 89.3 Å². The van der Waals surface area contributed by atoms with Crippen molar-refractivity contribution in [3.8, 4) is 0 Å². The van der Waals surface area contributed by atoms with Crippen LogP contribution in [0.4, 0.5) is 0 Å². The maximum atomic E-state index is 11.2. The zero-order chi connectivity index (χ0) is 11.9. The Labute approximate surface area is 91.3 Å². The standard InChI is InChI=1S/C9H20N2O3S/c1-8(2)3-5-11-9(12)7-15(13,14)6-4-10/h8H,3-7,10H2,1-2H3,(H,11,12). The van der Waals surface area contributed by atoms with Gasteiger partial charge in [0.2, 0.25) is 5.91 Å². The summed E-state index contributed by atoms with van der Waals surface area (Å²) in [7, 11) is -3.32. The number of carbonyl (C=O) groups is 1. The van der Waals surface area contributed by atoms with E-state index in [1.54, 1.807) is 0 Å². The monoisotopic (exact) mass is 236 g/mol. The SMILES string of the molecule is CC(C)CCNC(=O)CS(=O)(=O)CCN. The van der Waals surface area contributed by atoms with Gasteiger partial charge in [0.05, 0.1) is 5.75 Å². The Kier molecular flexibility index (Phi) is 6.51. The molecule has 0 rings (SSSR count). The summed E-state index contributed by atoms with van der Waals surface area (Å²) in [6, 6.07) is 0. The van der Waals surface area contributed by atoms with E-state index in [0.717, 1.165) is 6.42 Å². The van der Waals surface area contributed by atoms with Crippen LogP contribution in [-0.2, 0) is 14.6 Å². The molecule has 0 atom stereocenters. The van der Waals surface area contributed by atoms with Gasteiger partial charge in [-0.15, -0.1) is 0 Å². The van der Waals surface area contributed by atoms with Crippen LogP contribution in [0.5, 0.6) is 0 Å². The van der Waals surface area contributed by atoms with E-state index in [-0.39, 0.29) is 12.3 Å². The largest absolute Gasteiger partial charge is 0.355 e. The van der Waals surface area contributed by atoms with E-state index in [0.29, 0.717) is 12.5 Å². The summed E-state index contributed by atoms with van der Waals surface area (Å²) < 4.78 is 22.4. The van der Waals surface area contributed by atoms with E-state index >= 15 is 0 Å². The molecule has 0 saturated carbocycles. The molecule has 15 heavy (non-hydrogen) atoms. The van der Waals surface area contributed by atoms with E-state index in [4.69, 9.17) is 5.73 Å². The molecule has 0 spiro atoms. The lowest BCUT2D eigenvalue weighted by Crippen LogP contribution is -2.33. The summed E-state index contributed by atoms with van der Waals surface area (Å²) in [5.41, 5.74) is 5.12. The predicted molar refractivity (Wildman–Crippen MR) is 60.2 cm³/mol. The van der Waals surface area contributed by atoms with Crippen molar-refractivity contribution in [2.24, 2.45) is 11.7 Å². The molecule has 0 radical (unpaired) electrons. The molecular weight excluding hydrogens is 216 g/mol. The molecule has 0 aliphatic rings. The molecule has 90 valence electrons. The fourth-order valence-corrected chi connectivity index (χ4v) is 2.01. The van der Waals surface area contributed by atoms with Gasteiger partial charge in [-0.2, -0.15) is 0 Å². The number of sulfone groups is 1. The first-order chi connectivity index (χ1) is 6.87. The molecule has 0 aliphatic carbocycles. The van der Waals surface area contributed by atoms with Crippen LogP contribution in [0.2, 0.25) is 0 Å². The minimum atomic E-state index is -3.32. The van der Waals surface area contributed by atoms with Crippen molar-refractivity contribution < 1.29 is 13.2 Å². The molecule has 0 aliphatic heterocycles. The normalized spacial score (nSPS) is 11.7. The Hall–Kier alpha value is -0.620. The number of amides is 1. The molecule has 6 heteroatoms. The Bertz CT molecular complexity index is 286. The maximum absolute atomic E-state index is 11.2. The maximum Gasteiger partial charge on any atom is 0.235 e. The molecule has 5 nitrogen and oxygen atoms in total. The van der Waals surface area contributed by atoms with Gasteiger partial charge < -0.3 is 11.1 Å². The third-order valence-electron chi connectivity index (χ3n) is 1.82. The van der Waals surface area contributed by atoms with Gasteiger partial charge in [-0.25, -0.2) is 8.42 Å². The Balaban J connectivity index is 3.84. The Morgan fingerprint density at radius 2 is 2.00 bits per heavy atom. The molecule has 0 bridgehead atoms. The molecular formula is C9H20N2O3S. The van der Waals surface area contributed by atoms with Gasteiger partial charge in [-0.1, -0.05) is 13.8 Å². The fraction of sp³-hybridized carbons (Fsp3) is 0.889. The fourth-order valence-electron chi connectivity index (χ4n) is 1.00. The van der Waals surface area contributed by atoms with Gasteiger partial charge in [-0.05, 0) is 12.3 Å². The lowest BCUT2D eigenvalue weighted by atomic mass is 10.1. The smallest absolute Gasteiger partial charge is 0.235 e. The lowest BCUT2D eigenvalue weighted by molar-refractivity contribution is -0.118. The highest BCUT2D eigenvalue weighted by Crippen LogP contribution is 1.96. The van der Waals surface area contributed by atoms with Crippen LogP contribution in [0.3, 0.4) is 0 Å². The lowest BCUT2D eigenvalue weighted by Gasteiger charge is -2.07. The van der Waals surface area contributed by atoms with E-state index in [1.807, 2.05) is 13.8 Å². The van der Waals surface area contributed by atoms with Crippen molar-refractivity contribution >= 4 is 15.7 Å². The zero-order valence-electron chi connectivity index (χ0n) is 9.32. The molecule has 0 unspecified atom stereocenters. The number of hydrogen-bond acceptors (Lipinski definition) is 4. The molecule has 0 aromatic rings. The van der Waals surface area contributed by atoms with Gasteiger partial charge in [0.15, 0.2) is 9.84 Å². The summed E-state index contributed by atoms with van der Waals surface area (Å²) in [5.74, 6) is -0.539. The third kappa shape index (κ3) is 8.38. The van der Waals surface area contributed by atoms with Crippen molar-refractivity contribution in [1.29, 1.82) is 0 Å². The van der Waals surface area contributed by atoms with Gasteiger partial charge in [0, 0.05) is 13.1 Å². The molecule has 0 saturated heterocycles. The summed E-state index contributed by atoms with van der Waals surface area (Å²) in [5, 5.41) is 2.57. The van der Waals surface area contributed by atoms with Gasteiger partial charge in [-0.3, -0.25) is 4.79 Å². The van der Waals surface area contributed by atoms with Crippen molar-refractivity contribution in [1.82, 2.24) is 5.32 Å². The average Bonchev–Trinajstić information content (AvgIpc) is 2.01. The molecule has 0 aromatic heterocycles. The van der Waals surface area contributed by atoms with Gasteiger partial charge in [0.1, 0.15) is 5.75 Å². The summed E-state index contributed by atoms with van der Waals surface area (Å²) in [6.07, 6.45) is 0.850. The van der Waals surface area contributed by atoms with Crippen LogP contribution >= 0.6 is 0 Å². The number of rotatable bonds is 7. The second kappa shape index (κ2) is 6.79. The quantitative estimate of drug-likeness (QED) is 0.625. The van der Waals surface area contributed by atoms with Gasteiger partial charge in [0.25, 0.3) is 0 Å². The van der Waals surface area contributed by atoms with Crippen LogP contribution in [0.25, 0.3) is 0 Å². The average molecular weight is 236 g/mol. The molecule has 0 heterocycles. The number of nitrogens with one attached hydrogen (secondary N) is 1. The molecule has 1 amide bonds. The van der Waals surface area contributed by atoms with E-state index < -0.39 is 21.5 Å². The minimum absolute atomic E-state index is 0.0572. The van der Waals surface area contributed by atoms with Crippen LogP contribution in [-0.4, -0.2) is 38.9 Å². The van der Waals surface area contributed by atoms with E-state index in [9.17, 15) is 13.2 Å². The zero-order valence-corrected chi connectivity index (χ0v) is 10.1. The van der Waals surface area contributed by atoms with Gasteiger partial charge >= 0.3 is 0 Å². The van der Waals surface area contributed by atoms with E-state index in [1.165, 1.54) is 0 Å². The number of carbonyl (C=O) groups excluding carboxylic acids is 1. The van der Waals surface area contributed by atoms with Crippen molar-refractivity contribution in [2.45, 2.75) is 20.3 Å². The second-order valence-corrected chi connectivity index (χ2v) is 6.10. The van der Waals surface area contributed by atoms with Crippen molar-refractivity contribution in [3.63, 3.8) is 0 Å². The van der Waals surface area contributed by atoms with Crippen LogP contribution in [0, 0.1) is 5.92 Å². The summed E-state index contributed by atoms with van der Waals surface area (Å²) >= 11 is 0. The van der Waals surface area contributed by atoms with E-state index in [2.05, 4.69) is 5.32 Å². The number of nitrogens with two attached hydrogens (primary N) is 1. The second-order valence-electron chi connectivity index (χ2n) is 3.91. The highest BCUT2D eigenvalue weighted by atomic mass is 32.2. The first-order valence-corrected chi connectivity index (χ1v) is 6.86. The Morgan fingerprint density at radius 1 is 1.40 bits per heavy atom. The van der Waals surface area contributed by atoms with Crippen LogP contribution < -0.4 is 11.1 Å². The minimum Gasteiger partial charge on any atom is -0.355 e. The first-order valence-electron chi connectivity index (χ1n) is 5.04. The molecule has 0 fully saturated rings. The highest BCUT2D eigenvalue weighted by molar-refractivity contribution is 7.92. The predicted octanol–water partition coefficient (Wildman–Crippen LogP) is -0.478. The first kappa shape index (κ1) is 14.4. The van der Waals surface area contributed by atoms with Crippen LogP contribution in [0.1, 0.15) is 20.3 Å². The Morgan fingerprint density at radius 3 is 2.47 bits per heavy atom. The third-order valence-corrected chi connectivity index (χ3v) is 3.38. The van der Waals surface area contributed by atoms with Crippen molar-refractivity contribution in [2.75, 3.05) is 24.6 Å². The molecule has 0 aromatic carbocycles. The number of hydrogen-bond donors (Lipinski definition) is 2. The molecule has 3 N–H and O–H groups in total. The highest BCUT2D eigenvalue weighted by Gasteiger charge is 2.15. The van der Waals surface area contributed by atoms with Crippen LogP contribution in [0.15, 0.2) is 0 Å². The summed E-state index contributed by atoms with van der Waals surface area (Å²) in [4.78, 5) is 11.2. The van der Waals surface area contributed by atoms with Crippen molar-refractivity contribution in [3.05, 3.63) is 0 Å². The summed E-state index contributed by atoms with van der Waals surface area (Å²) in [6.45, 7) is 4.66.